The zero-order chi connectivity index (χ0) is 10.9. The summed E-state index contributed by atoms with van der Waals surface area (Å²) in [5, 5.41) is 8.25. The zero-order valence-electron chi connectivity index (χ0n) is 7.67. The molecule has 13 heavy (non-hydrogen) atoms. The first-order valence-corrected chi connectivity index (χ1v) is 5.05. The first-order valence-electron chi connectivity index (χ1n) is 3.66. The zero-order valence-corrected chi connectivity index (χ0v) is 8.49. The number of hydrogen-bond donors (Lipinski definition) is 3. The van der Waals surface area contributed by atoms with Gasteiger partial charge >= 0.3 is 10.4 Å². The van der Waals surface area contributed by atoms with Crippen LogP contribution in [0.1, 0.15) is 13.8 Å². The third-order valence-electron chi connectivity index (χ3n) is 0.687. The van der Waals surface area contributed by atoms with E-state index in [0.717, 1.165) is 6.61 Å². The van der Waals surface area contributed by atoms with Crippen molar-refractivity contribution in [1.82, 2.24) is 0 Å². The second kappa shape index (κ2) is 8.39. The molecule has 3 N–H and O–H groups in total. The number of aliphatic hydroxyl groups is 1. The molecule has 0 bridgehead atoms. The molecular weight excluding hydrogens is 200 g/mol. The van der Waals surface area contributed by atoms with Gasteiger partial charge in [0, 0.05) is 6.61 Å². The number of ether oxygens (including phenoxy) is 1. The fourth-order valence-electron chi connectivity index (χ4n) is 0.384. The number of aliphatic hydroxyl groups excluding tert-OH is 1. The monoisotopic (exact) mass is 216 g/mol. The van der Waals surface area contributed by atoms with E-state index in [-0.39, 0.29) is 6.61 Å². The van der Waals surface area contributed by atoms with E-state index in [1.165, 1.54) is 0 Å². The quantitative estimate of drug-likeness (QED) is 0.451. The molecule has 0 saturated carbocycles. The molecule has 0 saturated heterocycles. The molecule has 0 aliphatic heterocycles. The van der Waals surface area contributed by atoms with Crippen LogP contribution >= 0.6 is 0 Å². The highest BCUT2D eigenvalue weighted by Gasteiger charge is 1.90. The van der Waals surface area contributed by atoms with E-state index < -0.39 is 10.4 Å². The van der Waals surface area contributed by atoms with Gasteiger partial charge in [-0.25, -0.2) is 0 Å². The first-order chi connectivity index (χ1) is 5.77. The minimum Gasteiger partial charge on any atom is -0.394 e. The lowest BCUT2D eigenvalue weighted by Gasteiger charge is -2.03. The Kier molecular flexibility index (Phi) is 9.86. The fourth-order valence-corrected chi connectivity index (χ4v) is 0.384. The Morgan fingerprint density at radius 1 is 1.31 bits per heavy atom. The molecule has 0 fully saturated rings. The average molecular weight is 216 g/mol. The van der Waals surface area contributed by atoms with Crippen LogP contribution in [0.4, 0.5) is 0 Å². The topological polar surface area (TPSA) is 104 Å². The summed E-state index contributed by atoms with van der Waals surface area (Å²) in [7, 11) is -4.67. The maximum Gasteiger partial charge on any atom is 0.394 e. The Morgan fingerprint density at radius 2 is 1.69 bits per heavy atom. The molecule has 0 aromatic carbocycles. The predicted octanol–water partition coefficient (Wildman–Crippen LogP) is -0.00150. The van der Waals surface area contributed by atoms with Gasteiger partial charge in [-0.2, -0.15) is 8.42 Å². The van der Waals surface area contributed by atoms with Crippen molar-refractivity contribution < 1.29 is 27.4 Å². The SMILES string of the molecule is CC(C)COCCO.O=S(=O)(O)O. The van der Waals surface area contributed by atoms with Crippen molar-refractivity contribution in [3.63, 3.8) is 0 Å². The van der Waals surface area contributed by atoms with Gasteiger partial charge in [0.15, 0.2) is 0 Å². The molecule has 0 amide bonds. The summed E-state index contributed by atoms with van der Waals surface area (Å²) in [5.74, 6) is 0.571. The molecule has 0 rings (SSSR count). The van der Waals surface area contributed by atoms with Gasteiger partial charge < -0.3 is 9.84 Å². The van der Waals surface area contributed by atoms with Crippen LogP contribution in [-0.2, 0) is 15.1 Å². The minimum absolute atomic E-state index is 0.132. The van der Waals surface area contributed by atoms with E-state index in [4.69, 9.17) is 27.4 Å². The molecule has 0 atom stereocenters. The summed E-state index contributed by atoms with van der Waals surface area (Å²) in [5.41, 5.74) is 0. The molecular formula is C6H16O6S. The van der Waals surface area contributed by atoms with Crippen molar-refractivity contribution in [1.29, 1.82) is 0 Å². The van der Waals surface area contributed by atoms with Crippen LogP contribution in [0.2, 0.25) is 0 Å². The van der Waals surface area contributed by atoms with Gasteiger partial charge in [0.25, 0.3) is 0 Å². The molecule has 0 radical (unpaired) electrons. The smallest absolute Gasteiger partial charge is 0.394 e. The van der Waals surface area contributed by atoms with Crippen molar-refractivity contribution in [2.45, 2.75) is 13.8 Å². The Labute approximate surface area is 78.1 Å². The third-order valence-corrected chi connectivity index (χ3v) is 0.687. The normalized spacial score (nSPS) is 10.9. The van der Waals surface area contributed by atoms with E-state index in [1.54, 1.807) is 0 Å². The van der Waals surface area contributed by atoms with Gasteiger partial charge in [0.2, 0.25) is 0 Å². The summed E-state index contributed by atoms with van der Waals surface area (Å²) in [6.45, 7) is 5.51. The highest BCUT2D eigenvalue weighted by molar-refractivity contribution is 7.79. The van der Waals surface area contributed by atoms with Gasteiger partial charge in [-0.15, -0.1) is 0 Å². The number of rotatable bonds is 4. The standard InChI is InChI=1S/C6H14O2.H2O4S/c1-6(2)5-8-4-3-7;1-5(2,3)4/h6-7H,3-5H2,1-2H3;(H2,1,2,3,4). The number of hydrogen-bond acceptors (Lipinski definition) is 4. The van der Waals surface area contributed by atoms with E-state index >= 15 is 0 Å². The first kappa shape index (κ1) is 15.3. The maximum atomic E-state index is 8.74. The third kappa shape index (κ3) is 49.3. The molecule has 0 aromatic rings. The molecule has 0 unspecified atom stereocenters. The van der Waals surface area contributed by atoms with Crippen molar-refractivity contribution in [3.8, 4) is 0 Å². The van der Waals surface area contributed by atoms with Crippen molar-refractivity contribution in [3.05, 3.63) is 0 Å². The summed E-state index contributed by atoms with van der Waals surface area (Å²) in [4.78, 5) is 0. The maximum absolute atomic E-state index is 8.74. The highest BCUT2D eigenvalue weighted by Crippen LogP contribution is 1.90. The second-order valence-electron chi connectivity index (χ2n) is 2.64. The van der Waals surface area contributed by atoms with Crippen LogP contribution in [0.5, 0.6) is 0 Å². The minimum atomic E-state index is -4.67. The van der Waals surface area contributed by atoms with Crippen LogP contribution < -0.4 is 0 Å². The summed E-state index contributed by atoms with van der Waals surface area (Å²) in [6.07, 6.45) is 0. The Hall–Kier alpha value is -0.210. The predicted molar refractivity (Wildman–Crippen MR) is 46.9 cm³/mol. The van der Waals surface area contributed by atoms with Crippen molar-refractivity contribution in [2.75, 3.05) is 19.8 Å². The van der Waals surface area contributed by atoms with Crippen LogP contribution in [0.25, 0.3) is 0 Å². The second-order valence-corrected chi connectivity index (χ2v) is 3.54. The molecule has 0 heterocycles. The van der Waals surface area contributed by atoms with Gasteiger partial charge in [0.05, 0.1) is 13.2 Å². The Bertz CT molecular complexity index is 177. The van der Waals surface area contributed by atoms with Gasteiger partial charge in [-0.3, -0.25) is 9.11 Å². The molecule has 0 aliphatic carbocycles. The van der Waals surface area contributed by atoms with E-state index in [1.807, 2.05) is 0 Å². The lowest BCUT2D eigenvalue weighted by atomic mass is 10.2. The van der Waals surface area contributed by atoms with Gasteiger partial charge in [-0.1, -0.05) is 13.8 Å². The molecule has 0 spiro atoms. The van der Waals surface area contributed by atoms with Gasteiger partial charge in [-0.05, 0) is 5.92 Å². The molecule has 0 aliphatic rings. The highest BCUT2D eigenvalue weighted by atomic mass is 32.3. The fraction of sp³-hybridized carbons (Fsp3) is 1.00. The van der Waals surface area contributed by atoms with Gasteiger partial charge in [0.1, 0.15) is 0 Å². The Morgan fingerprint density at radius 3 is 1.92 bits per heavy atom. The summed E-state index contributed by atoms with van der Waals surface area (Å²) < 4.78 is 36.6. The van der Waals surface area contributed by atoms with E-state index in [2.05, 4.69) is 13.8 Å². The van der Waals surface area contributed by atoms with E-state index in [0.29, 0.717) is 12.5 Å². The van der Waals surface area contributed by atoms with Crippen LogP contribution in [0.15, 0.2) is 0 Å². The van der Waals surface area contributed by atoms with Crippen LogP contribution in [-0.4, -0.2) is 42.5 Å². The largest absolute Gasteiger partial charge is 0.394 e. The summed E-state index contributed by atoms with van der Waals surface area (Å²) >= 11 is 0. The van der Waals surface area contributed by atoms with Crippen molar-refractivity contribution in [2.24, 2.45) is 5.92 Å². The molecule has 7 heteroatoms. The molecule has 6 nitrogen and oxygen atoms in total. The molecule has 82 valence electrons. The van der Waals surface area contributed by atoms with E-state index in [9.17, 15) is 0 Å². The van der Waals surface area contributed by atoms with Crippen LogP contribution in [0.3, 0.4) is 0 Å². The average Bonchev–Trinajstić information content (AvgIpc) is 1.83. The lowest BCUT2D eigenvalue weighted by molar-refractivity contribution is 0.0752. The van der Waals surface area contributed by atoms with Crippen molar-refractivity contribution >= 4 is 10.4 Å². The summed E-state index contributed by atoms with van der Waals surface area (Å²) in [6, 6.07) is 0. The van der Waals surface area contributed by atoms with Crippen LogP contribution in [0, 0.1) is 5.92 Å². The lowest BCUT2D eigenvalue weighted by Crippen LogP contribution is -2.05. The Balaban J connectivity index is 0. The molecule has 0 aromatic heterocycles.